The van der Waals surface area contributed by atoms with Crippen LogP contribution in [0.25, 0.3) is 0 Å². The Balaban J connectivity index is 0.00000225. The molecule has 0 unspecified atom stereocenters. The highest BCUT2D eigenvalue weighted by Gasteiger charge is 2.40. The van der Waals surface area contributed by atoms with Gasteiger partial charge >= 0.3 is 0 Å². The maximum atomic E-state index is 5.44. The summed E-state index contributed by atoms with van der Waals surface area (Å²) in [7, 11) is 0. The van der Waals surface area contributed by atoms with E-state index in [4.69, 9.17) is 4.74 Å². The first kappa shape index (κ1) is 21.5. The molecule has 0 atom stereocenters. The summed E-state index contributed by atoms with van der Waals surface area (Å²) in [6.45, 7) is 16.7. The Bertz CT molecular complexity index is 372. The Morgan fingerprint density at radius 1 is 0.840 bits per heavy atom. The molecule has 4 heteroatoms. The smallest absolute Gasteiger partial charge is 0.0594 e. The minimum atomic E-state index is 0. The molecule has 2 heterocycles. The SMILES string of the molecule is CC(C)(C)C1CCC2(CC1)CCN(CCCN1CCOCC1)CC2.[Cl-]. The van der Waals surface area contributed by atoms with Crippen molar-refractivity contribution in [1.29, 1.82) is 0 Å². The molecule has 3 rings (SSSR count). The first-order chi connectivity index (χ1) is 11.5. The topological polar surface area (TPSA) is 15.7 Å². The Labute approximate surface area is 162 Å². The van der Waals surface area contributed by atoms with Gasteiger partial charge in [0, 0.05) is 13.1 Å². The molecule has 2 aliphatic heterocycles. The van der Waals surface area contributed by atoms with Gasteiger partial charge in [0.1, 0.15) is 0 Å². The normalized spacial score (nSPS) is 26.5. The number of piperidine rings is 1. The van der Waals surface area contributed by atoms with Crippen LogP contribution in [-0.2, 0) is 4.74 Å². The first-order valence-electron chi connectivity index (χ1n) is 10.5. The molecule has 0 radical (unpaired) electrons. The van der Waals surface area contributed by atoms with E-state index in [0.29, 0.717) is 10.8 Å². The summed E-state index contributed by atoms with van der Waals surface area (Å²) in [6, 6.07) is 0. The minimum absolute atomic E-state index is 0. The van der Waals surface area contributed by atoms with Crippen LogP contribution in [0.1, 0.15) is 65.7 Å². The summed E-state index contributed by atoms with van der Waals surface area (Å²) in [5.41, 5.74) is 1.23. The molecule has 3 fully saturated rings. The van der Waals surface area contributed by atoms with Gasteiger partial charge in [0.25, 0.3) is 0 Å². The Morgan fingerprint density at radius 2 is 1.36 bits per heavy atom. The van der Waals surface area contributed by atoms with Gasteiger partial charge < -0.3 is 22.0 Å². The van der Waals surface area contributed by atoms with Crippen LogP contribution in [0.5, 0.6) is 0 Å². The van der Waals surface area contributed by atoms with Crippen LogP contribution in [0.3, 0.4) is 0 Å². The van der Waals surface area contributed by atoms with Gasteiger partial charge in [-0.1, -0.05) is 20.8 Å². The van der Waals surface area contributed by atoms with E-state index in [1.54, 1.807) is 0 Å². The molecular formula is C21H40ClN2O-. The number of hydrogen-bond acceptors (Lipinski definition) is 3. The third-order valence-electron chi connectivity index (χ3n) is 7.24. The minimum Gasteiger partial charge on any atom is -1.00 e. The average Bonchev–Trinajstić information content (AvgIpc) is 2.57. The van der Waals surface area contributed by atoms with Crippen LogP contribution in [0.2, 0.25) is 0 Å². The van der Waals surface area contributed by atoms with E-state index in [0.717, 1.165) is 32.2 Å². The van der Waals surface area contributed by atoms with Crippen LogP contribution in [0, 0.1) is 16.7 Å². The van der Waals surface area contributed by atoms with Gasteiger partial charge in [0.2, 0.25) is 0 Å². The van der Waals surface area contributed by atoms with Crippen LogP contribution >= 0.6 is 0 Å². The van der Waals surface area contributed by atoms with Crippen LogP contribution in [-0.4, -0.2) is 62.3 Å². The number of rotatable bonds is 4. The van der Waals surface area contributed by atoms with Crippen molar-refractivity contribution >= 4 is 0 Å². The lowest BCUT2D eigenvalue weighted by molar-refractivity contribution is -0.00000970. The summed E-state index contributed by atoms with van der Waals surface area (Å²) in [5, 5.41) is 0. The van der Waals surface area contributed by atoms with Crippen molar-refractivity contribution in [1.82, 2.24) is 9.80 Å². The molecule has 2 saturated heterocycles. The molecule has 0 N–H and O–H groups in total. The van der Waals surface area contributed by atoms with E-state index in [9.17, 15) is 0 Å². The monoisotopic (exact) mass is 371 g/mol. The summed E-state index contributed by atoms with van der Waals surface area (Å²) in [4.78, 5) is 5.31. The van der Waals surface area contributed by atoms with Gasteiger partial charge in [0.15, 0.2) is 0 Å². The molecule has 0 aromatic heterocycles. The fourth-order valence-electron chi connectivity index (χ4n) is 5.19. The van der Waals surface area contributed by atoms with Crippen molar-refractivity contribution in [2.75, 3.05) is 52.5 Å². The van der Waals surface area contributed by atoms with Crippen LogP contribution in [0.4, 0.5) is 0 Å². The van der Waals surface area contributed by atoms with E-state index < -0.39 is 0 Å². The Kier molecular flexibility index (Phi) is 8.07. The van der Waals surface area contributed by atoms with Gasteiger partial charge in [-0.2, -0.15) is 0 Å². The van der Waals surface area contributed by atoms with Crippen molar-refractivity contribution in [3.05, 3.63) is 0 Å². The van der Waals surface area contributed by atoms with Gasteiger partial charge in [-0.15, -0.1) is 0 Å². The second kappa shape index (κ2) is 9.39. The van der Waals surface area contributed by atoms with E-state index >= 15 is 0 Å². The molecule has 1 aliphatic carbocycles. The number of nitrogens with zero attached hydrogens (tertiary/aromatic N) is 2. The van der Waals surface area contributed by atoms with Crippen molar-refractivity contribution in [3.63, 3.8) is 0 Å². The highest BCUT2D eigenvalue weighted by atomic mass is 35.5. The van der Waals surface area contributed by atoms with E-state index in [1.165, 1.54) is 71.1 Å². The standard InChI is InChI=1S/C21H40N2O.ClH/c1-20(2,3)19-5-7-21(8-6-19)9-13-22(14-10-21)11-4-12-23-15-17-24-18-16-23;/h19H,4-18H2,1-3H3;1H/p-1. The van der Waals surface area contributed by atoms with Crippen LogP contribution < -0.4 is 12.4 Å². The molecule has 0 aromatic carbocycles. The summed E-state index contributed by atoms with van der Waals surface area (Å²) < 4.78 is 5.44. The molecule has 3 aliphatic rings. The molecule has 3 nitrogen and oxygen atoms in total. The zero-order chi connectivity index (χ0) is 17.0. The molecule has 1 saturated carbocycles. The molecule has 148 valence electrons. The number of halogens is 1. The van der Waals surface area contributed by atoms with E-state index in [2.05, 4.69) is 30.6 Å². The summed E-state index contributed by atoms with van der Waals surface area (Å²) in [5.74, 6) is 0.953. The summed E-state index contributed by atoms with van der Waals surface area (Å²) >= 11 is 0. The number of ether oxygens (including phenoxy) is 1. The first-order valence-corrected chi connectivity index (χ1v) is 10.5. The van der Waals surface area contributed by atoms with Gasteiger partial charge in [-0.25, -0.2) is 0 Å². The number of morpholine rings is 1. The average molecular weight is 372 g/mol. The maximum absolute atomic E-state index is 5.44. The fourth-order valence-corrected chi connectivity index (χ4v) is 5.19. The van der Waals surface area contributed by atoms with Gasteiger partial charge in [0.05, 0.1) is 13.2 Å². The van der Waals surface area contributed by atoms with E-state index in [-0.39, 0.29) is 12.4 Å². The van der Waals surface area contributed by atoms with Crippen LogP contribution in [0.15, 0.2) is 0 Å². The predicted molar refractivity (Wildman–Crippen MR) is 101 cm³/mol. The lowest BCUT2D eigenvalue weighted by Crippen LogP contribution is -3.00. The third kappa shape index (κ3) is 6.09. The van der Waals surface area contributed by atoms with Gasteiger partial charge in [-0.05, 0) is 87.9 Å². The fraction of sp³-hybridized carbons (Fsp3) is 1.00. The lowest BCUT2D eigenvalue weighted by Gasteiger charge is -2.48. The second-order valence-electron chi connectivity index (χ2n) is 9.79. The maximum Gasteiger partial charge on any atom is 0.0594 e. The predicted octanol–water partition coefficient (Wildman–Crippen LogP) is 1.03. The van der Waals surface area contributed by atoms with Crippen molar-refractivity contribution in [2.24, 2.45) is 16.7 Å². The highest BCUT2D eigenvalue weighted by Crippen LogP contribution is 2.50. The molecule has 0 bridgehead atoms. The summed E-state index contributed by atoms with van der Waals surface area (Å²) in [6.07, 6.45) is 10.2. The molecule has 1 spiro atoms. The van der Waals surface area contributed by atoms with Crippen molar-refractivity contribution < 1.29 is 17.1 Å². The molecular weight excluding hydrogens is 332 g/mol. The zero-order valence-corrected chi connectivity index (χ0v) is 17.6. The number of hydrogen-bond donors (Lipinski definition) is 0. The lowest BCUT2D eigenvalue weighted by atomic mass is 9.61. The quantitative estimate of drug-likeness (QED) is 0.734. The Hall–Kier alpha value is 0.170. The van der Waals surface area contributed by atoms with E-state index in [1.807, 2.05) is 0 Å². The van der Waals surface area contributed by atoms with Gasteiger partial charge in [-0.3, -0.25) is 4.90 Å². The highest BCUT2D eigenvalue weighted by molar-refractivity contribution is 4.92. The molecule has 0 amide bonds. The van der Waals surface area contributed by atoms with Crippen molar-refractivity contribution in [2.45, 2.75) is 65.7 Å². The second-order valence-corrected chi connectivity index (χ2v) is 9.79. The Morgan fingerprint density at radius 3 is 1.88 bits per heavy atom. The number of likely N-dealkylation sites (tertiary alicyclic amines) is 1. The largest absolute Gasteiger partial charge is 1.00 e. The molecule has 25 heavy (non-hydrogen) atoms. The zero-order valence-electron chi connectivity index (χ0n) is 16.9. The molecule has 0 aromatic rings. The third-order valence-corrected chi connectivity index (χ3v) is 7.24. The van der Waals surface area contributed by atoms with Crippen molar-refractivity contribution in [3.8, 4) is 0 Å².